The van der Waals surface area contributed by atoms with Gasteiger partial charge < -0.3 is 11.1 Å². The molecule has 0 bridgehead atoms. The molecule has 0 fully saturated rings. The Morgan fingerprint density at radius 2 is 2.29 bits per heavy atom. The number of aromatic nitrogens is 4. The van der Waals surface area contributed by atoms with Gasteiger partial charge in [-0.3, -0.25) is 4.68 Å². The summed E-state index contributed by atoms with van der Waals surface area (Å²) >= 11 is 3.26. The number of aryl methyl sites for hydroxylation is 1. The Kier molecular flexibility index (Phi) is 3.58. The lowest BCUT2D eigenvalue weighted by Gasteiger charge is -2.05. The standard InChI is InChI=1S/C10H13BrN6/c1-7-5-14-17(6-7)3-2-13-10-15-8(11)4-9(12)16-10/h4-6H,2-3H2,1H3,(H3,12,13,15,16). The summed E-state index contributed by atoms with van der Waals surface area (Å²) in [5, 5.41) is 7.27. The minimum atomic E-state index is 0.435. The first-order valence-corrected chi connectivity index (χ1v) is 5.96. The first-order valence-electron chi connectivity index (χ1n) is 5.16. The van der Waals surface area contributed by atoms with Gasteiger partial charge in [0, 0.05) is 18.8 Å². The largest absolute Gasteiger partial charge is 0.383 e. The van der Waals surface area contributed by atoms with Crippen LogP contribution in [-0.2, 0) is 6.54 Å². The third-order valence-electron chi connectivity index (χ3n) is 2.10. The van der Waals surface area contributed by atoms with Crippen molar-refractivity contribution in [1.82, 2.24) is 19.7 Å². The highest BCUT2D eigenvalue weighted by Gasteiger charge is 2.00. The Morgan fingerprint density at radius 3 is 2.94 bits per heavy atom. The van der Waals surface area contributed by atoms with E-state index in [1.807, 2.05) is 24.0 Å². The second-order valence-electron chi connectivity index (χ2n) is 3.65. The molecule has 0 aliphatic heterocycles. The molecule has 0 aliphatic rings. The van der Waals surface area contributed by atoms with Gasteiger partial charge in [0.05, 0.1) is 12.7 Å². The monoisotopic (exact) mass is 296 g/mol. The number of nitrogens with two attached hydrogens (primary N) is 1. The molecule has 3 N–H and O–H groups in total. The fourth-order valence-electron chi connectivity index (χ4n) is 1.39. The summed E-state index contributed by atoms with van der Waals surface area (Å²) in [6.07, 6.45) is 3.81. The fraction of sp³-hybridized carbons (Fsp3) is 0.300. The SMILES string of the molecule is Cc1cnn(CCNc2nc(N)cc(Br)n2)c1. The van der Waals surface area contributed by atoms with E-state index >= 15 is 0 Å². The maximum Gasteiger partial charge on any atom is 0.225 e. The molecule has 2 aromatic rings. The molecule has 0 spiro atoms. The normalized spacial score (nSPS) is 10.5. The zero-order valence-corrected chi connectivity index (χ0v) is 11.0. The molecule has 17 heavy (non-hydrogen) atoms. The van der Waals surface area contributed by atoms with Gasteiger partial charge in [0.25, 0.3) is 0 Å². The highest BCUT2D eigenvalue weighted by molar-refractivity contribution is 9.10. The van der Waals surface area contributed by atoms with Crippen molar-refractivity contribution in [2.75, 3.05) is 17.6 Å². The van der Waals surface area contributed by atoms with Crippen molar-refractivity contribution in [1.29, 1.82) is 0 Å². The van der Waals surface area contributed by atoms with Gasteiger partial charge in [0.1, 0.15) is 10.4 Å². The van der Waals surface area contributed by atoms with Gasteiger partial charge in [-0.15, -0.1) is 0 Å². The van der Waals surface area contributed by atoms with Crippen LogP contribution in [0.2, 0.25) is 0 Å². The molecule has 7 heteroatoms. The molecule has 2 rings (SSSR count). The van der Waals surface area contributed by atoms with E-state index in [4.69, 9.17) is 5.73 Å². The van der Waals surface area contributed by atoms with Crippen LogP contribution in [0.15, 0.2) is 23.1 Å². The highest BCUT2D eigenvalue weighted by Crippen LogP contribution is 2.11. The summed E-state index contributed by atoms with van der Waals surface area (Å²) in [5.41, 5.74) is 6.75. The molecule has 0 aliphatic carbocycles. The molecule has 6 nitrogen and oxygen atoms in total. The minimum absolute atomic E-state index is 0.435. The lowest BCUT2D eigenvalue weighted by atomic mass is 10.4. The number of halogens is 1. The molecule has 2 aromatic heterocycles. The third-order valence-corrected chi connectivity index (χ3v) is 2.51. The summed E-state index contributed by atoms with van der Waals surface area (Å²) in [6.45, 7) is 3.45. The maximum atomic E-state index is 5.61. The number of nitrogen functional groups attached to an aromatic ring is 1. The Labute approximate surface area is 107 Å². The number of anilines is 2. The van der Waals surface area contributed by atoms with Crippen molar-refractivity contribution in [2.45, 2.75) is 13.5 Å². The Morgan fingerprint density at radius 1 is 1.47 bits per heavy atom. The number of hydrogen-bond donors (Lipinski definition) is 2. The van der Waals surface area contributed by atoms with Crippen LogP contribution in [0.1, 0.15) is 5.56 Å². The average molecular weight is 297 g/mol. The summed E-state index contributed by atoms with van der Waals surface area (Å²) in [7, 11) is 0. The third kappa shape index (κ3) is 3.42. The zero-order chi connectivity index (χ0) is 12.3. The smallest absolute Gasteiger partial charge is 0.225 e. The first kappa shape index (κ1) is 11.8. The molecule has 90 valence electrons. The molecule has 0 atom stereocenters. The second kappa shape index (κ2) is 5.13. The molecule has 2 heterocycles. The van der Waals surface area contributed by atoms with Gasteiger partial charge in [0.2, 0.25) is 5.95 Å². The molecule has 0 amide bonds. The number of nitrogens with one attached hydrogen (secondary N) is 1. The number of hydrogen-bond acceptors (Lipinski definition) is 5. The van der Waals surface area contributed by atoms with Crippen LogP contribution in [-0.4, -0.2) is 26.3 Å². The van der Waals surface area contributed by atoms with E-state index in [9.17, 15) is 0 Å². The van der Waals surface area contributed by atoms with E-state index in [1.54, 1.807) is 6.07 Å². The van der Waals surface area contributed by atoms with Gasteiger partial charge in [-0.05, 0) is 28.4 Å². The molecule has 0 aromatic carbocycles. The quantitative estimate of drug-likeness (QED) is 0.835. The van der Waals surface area contributed by atoms with Gasteiger partial charge in [-0.25, -0.2) is 4.98 Å². The van der Waals surface area contributed by atoms with Crippen LogP contribution in [0.5, 0.6) is 0 Å². The minimum Gasteiger partial charge on any atom is -0.383 e. The van der Waals surface area contributed by atoms with E-state index in [0.717, 1.165) is 12.1 Å². The van der Waals surface area contributed by atoms with Crippen molar-refractivity contribution in [2.24, 2.45) is 0 Å². The van der Waals surface area contributed by atoms with Gasteiger partial charge in [-0.2, -0.15) is 10.1 Å². The Hall–Kier alpha value is -1.63. The molecule has 0 saturated heterocycles. The van der Waals surface area contributed by atoms with E-state index in [-0.39, 0.29) is 0 Å². The predicted octanol–water partition coefficient (Wildman–Crippen LogP) is 1.44. The number of rotatable bonds is 4. The van der Waals surface area contributed by atoms with Crippen molar-refractivity contribution < 1.29 is 0 Å². The van der Waals surface area contributed by atoms with E-state index < -0.39 is 0 Å². The maximum absolute atomic E-state index is 5.61. The Balaban J connectivity index is 1.89. The lowest BCUT2D eigenvalue weighted by molar-refractivity contribution is 0.635. The van der Waals surface area contributed by atoms with Gasteiger partial charge in [0.15, 0.2) is 0 Å². The second-order valence-corrected chi connectivity index (χ2v) is 4.46. The lowest BCUT2D eigenvalue weighted by Crippen LogP contribution is -2.13. The van der Waals surface area contributed by atoms with Gasteiger partial charge in [-0.1, -0.05) is 0 Å². The average Bonchev–Trinajstić information content (AvgIpc) is 2.63. The van der Waals surface area contributed by atoms with E-state index in [1.165, 1.54) is 0 Å². The zero-order valence-electron chi connectivity index (χ0n) is 9.39. The topological polar surface area (TPSA) is 81.7 Å². The summed E-state index contributed by atoms with van der Waals surface area (Å²) in [6, 6.07) is 1.65. The molecular formula is C10H13BrN6. The van der Waals surface area contributed by atoms with Crippen LogP contribution in [0.3, 0.4) is 0 Å². The molecule has 0 radical (unpaired) electrons. The van der Waals surface area contributed by atoms with Crippen molar-refractivity contribution >= 4 is 27.7 Å². The molecule has 0 saturated carbocycles. The van der Waals surface area contributed by atoms with Gasteiger partial charge >= 0.3 is 0 Å². The first-order chi connectivity index (χ1) is 8.13. The van der Waals surface area contributed by atoms with Crippen molar-refractivity contribution in [3.05, 3.63) is 28.6 Å². The summed E-state index contributed by atoms with van der Waals surface area (Å²) in [5.74, 6) is 0.949. The van der Waals surface area contributed by atoms with Crippen LogP contribution < -0.4 is 11.1 Å². The summed E-state index contributed by atoms with van der Waals surface area (Å²) in [4.78, 5) is 8.22. The van der Waals surface area contributed by atoms with Crippen molar-refractivity contribution in [3.63, 3.8) is 0 Å². The fourth-order valence-corrected chi connectivity index (χ4v) is 1.79. The Bertz CT molecular complexity index is 489. The molecule has 0 unspecified atom stereocenters. The van der Waals surface area contributed by atoms with Crippen LogP contribution in [0, 0.1) is 6.92 Å². The van der Waals surface area contributed by atoms with E-state index in [0.29, 0.717) is 22.9 Å². The van der Waals surface area contributed by atoms with Crippen LogP contribution in [0.4, 0.5) is 11.8 Å². The van der Waals surface area contributed by atoms with Crippen LogP contribution >= 0.6 is 15.9 Å². The predicted molar refractivity (Wildman–Crippen MR) is 69.6 cm³/mol. The van der Waals surface area contributed by atoms with Crippen molar-refractivity contribution in [3.8, 4) is 0 Å². The molecular weight excluding hydrogens is 284 g/mol. The number of nitrogens with zero attached hydrogens (tertiary/aromatic N) is 4. The van der Waals surface area contributed by atoms with E-state index in [2.05, 4.69) is 36.3 Å². The van der Waals surface area contributed by atoms with Crippen LogP contribution in [0.25, 0.3) is 0 Å². The summed E-state index contributed by atoms with van der Waals surface area (Å²) < 4.78 is 2.53. The highest BCUT2D eigenvalue weighted by atomic mass is 79.9.